The van der Waals surface area contributed by atoms with Crippen LogP contribution in [0.2, 0.25) is 0 Å². The third-order valence-corrected chi connectivity index (χ3v) is 4.49. The summed E-state index contributed by atoms with van der Waals surface area (Å²) >= 11 is 0. The molecule has 0 aliphatic carbocycles. The van der Waals surface area contributed by atoms with Gasteiger partial charge in [-0.2, -0.15) is 0 Å². The van der Waals surface area contributed by atoms with E-state index in [1.165, 1.54) is 6.08 Å². The van der Waals surface area contributed by atoms with Crippen molar-refractivity contribution in [3.63, 3.8) is 0 Å². The standard InChI is InChI=1S/C22H22O6/c1-22(2)27-16(13-20(23)28-22)12-19(14-8-10-15(26-3)11-9-14)17-6-4-5-7-18(17)21(24)25/h4-11,13,19H,12H2,1-3H3,(H,24,25). The Balaban J connectivity index is 2.05. The predicted octanol–water partition coefficient (Wildman–Crippen LogP) is 4.11. The number of hydrogen-bond donors (Lipinski definition) is 1. The molecular weight excluding hydrogens is 360 g/mol. The van der Waals surface area contributed by atoms with Gasteiger partial charge < -0.3 is 19.3 Å². The number of aromatic carboxylic acids is 1. The molecule has 6 nitrogen and oxygen atoms in total. The molecule has 0 saturated heterocycles. The first-order valence-electron chi connectivity index (χ1n) is 8.88. The Morgan fingerprint density at radius 3 is 2.39 bits per heavy atom. The average Bonchev–Trinajstić information content (AvgIpc) is 2.64. The topological polar surface area (TPSA) is 82.1 Å². The second-order valence-electron chi connectivity index (χ2n) is 6.96. The van der Waals surface area contributed by atoms with E-state index in [1.807, 2.05) is 24.3 Å². The fraction of sp³-hybridized carbons (Fsp3) is 0.273. The zero-order chi connectivity index (χ0) is 20.3. The summed E-state index contributed by atoms with van der Waals surface area (Å²) in [7, 11) is 1.58. The summed E-state index contributed by atoms with van der Waals surface area (Å²) in [6.45, 7) is 3.32. The highest BCUT2D eigenvalue weighted by Crippen LogP contribution is 2.36. The maximum atomic E-state index is 11.9. The van der Waals surface area contributed by atoms with Crippen molar-refractivity contribution >= 4 is 11.9 Å². The van der Waals surface area contributed by atoms with Crippen LogP contribution in [0.3, 0.4) is 0 Å². The lowest BCUT2D eigenvalue weighted by Gasteiger charge is -2.32. The third-order valence-electron chi connectivity index (χ3n) is 4.49. The molecule has 0 radical (unpaired) electrons. The van der Waals surface area contributed by atoms with Gasteiger partial charge >= 0.3 is 11.9 Å². The average molecular weight is 382 g/mol. The number of rotatable bonds is 6. The molecule has 28 heavy (non-hydrogen) atoms. The Labute approximate surface area is 163 Å². The summed E-state index contributed by atoms with van der Waals surface area (Å²) in [5, 5.41) is 9.63. The minimum absolute atomic E-state index is 0.210. The molecule has 0 amide bonds. The van der Waals surface area contributed by atoms with Gasteiger partial charge in [-0.3, -0.25) is 0 Å². The number of benzene rings is 2. The maximum absolute atomic E-state index is 11.9. The van der Waals surface area contributed by atoms with Crippen LogP contribution in [0.15, 0.2) is 60.4 Å². The van der Waals surface area contributed by atoms with Crippen LogP contribution in [-0.2, 0) is 14.3 Å². The Hall–Kier alpha value is -3.28. The van der Waals surface area contributed by atoms with E-state index >= 15 is 0 Å². The molecule has 0 fully saturated rings. The first kappa shape index (κ1) is 19.5. The molecule has 0 aromatic heterocycles. The van der Waals surface area contributed by atoms with Crippen LogP contribution < -0.4 is 4.74 Å². The molecule has 0 saturated carbocycles. The number of methoxy groups -OCH3 is 1. The van der Waals surface area contributed by atoms with Crippen molar-refractivity contribution < 1.29 is 28.9 Å². The molecule has 146 valence electrons. The highest BCUT2D eigenvalue weighted by atomic mass is 16.7. The summed E-state index contributed by atoms with van der Waals surface area (Å²) < 4.78 is 16.2. The van der Waals surface area contributed by atoms with Crippen LogP contribution in [0.4, 0.5) is 0 Å². The summed E-state index contributed by atoms with van der Waals surface area (Å²) in [5.41, 5.74) is 1.73. The van der Waals surface area contributed by atoms with E-state index in [-0.39, 0.29) is 11.5 Å². The van der Waals surface area contributed by atoms with Gasteiger partial charge in [0, 0.05) is 26.2 Å². The molecule has 1 unspecified atom stereocenters. The molecule has 1 aliphatic heterocycles. The second-order valence-corrected chi connectivity index (χ2v) is 6.96. The number of cyclic esters (lactones) is 1. The number of carbonyl (C=O) groups excluding carboxylic acids is 1. The Morgan fingerprint density at radius 1 is 1.11 bits per heavy atom. The third kappa shape index (κ3) is 4.34. The van der Waals surface area contributed by atoms with Crippen LogP contribution in [0, 0.1) is 0 Å². The van der Waals surface area contributed by atoms with E-state index in [1.54, 1.807) is 45.2 Å². The second kappa shape index (κ2) is 7.76. The quantitative estimate of drug-likeness (QED) is 0.757. The molecule has 1 aliphatic rings. The van der Waals surface area contributed by atoms with Crippen LogP contribution in [0.25, 0.3) is 0 Å². The number of hydrogen-bond acceptors (Lipinski definition) is 5. The van der Waals surface area contributed by atoms with Crippen molar-refractivity contribution in [3.05, 3.63) is 77.1 Å². The van der Waals surface area contributed by atoms with Crippen LogP contribution in [0.1, 0.15) is 47.7 Å². The summed E-state index contributed by atoms with van der Waals surface area (Å²) in [4.78, 5) is 23.7. The van der Waals surface area contributed by atoms with Crippen LogP contribution >= 0.6 is 0 Å². The molecule has 0 spiro atoms. The summed E-state index contributed by atoms with van der Waals surface area (Å²) in [6.07, 6.45) is 1.63. The van der Waals surface area contributed by atoms with Gasteiger partial charge in [-0.05, 0) is 29.3 Å². The van der Waals surface area contributed by atoms with E-state index in [0.29, 0.717) is 23.5 Å². The number of carboxylic acids is 1. The molecular formula is C22H22O6. The Morgan fingerprint density at radius 2 is 1.79 bits per heavy atom. The molecule has 0 bridgehead atoms. The van der Waals surface area contributed by atoms with E-state index in [2.05, 4.69) is 0 Å². The van der Waals surface area contributed by atoms with E-state index < -0.39 is 17.7 Å². The van der Waals surface area contributed by atoms with Crippen molar-refractivity contribution in [3.8, 4) is 5.75 Å². The summed E-state index contributed by atoms with van der Waals surface area (Å²) in [6, 6.07) is 14.2. The van der Waals surface area contributed by atoms with Gasteiger partial charge in [-0.25, -0.2) is 9.59 Å². The van der Waals surface area contributed by atoms with Gasteiger partial charge in [0.2, 0.25) is 5.79 Å². The molecule has 2 aromatic carbocycles. The van der Waals surface area contributed by atoms with Crippen molar-refractivity contribution in [2.75, 3.05) is 7.11 Å². The lowest BCUT2D eigenvalue weighted by atomic mass is 9.85. The van der Waals surface area contributed by atoms with Gasteiger partial charge in [0.15, 0.2) is 0 Å². The van der Waals surface area contributed by atoms with Gasteiger partial charge in [0.05, 0.1) is 18.7 Å². The van der Waals surface area contributed by atoms with Crippen molar-refractivity contribution in [1.29, 1.82) is 0 Å². The number of allylic oxidation sites excluding steroid dienone is 1. The summed E-state index contributed by atoms with van der Waals surface area (Å²) in [5.74, 6) is -1.74. The molecule has 1 N–H and O–H groups in total. The van der Waals surface area contributed by atoms with E-state index in [0.717, 1.165) is 5.56 Å². The first-order chi connectivity index (χ1) is 13.3. The van der Waals surface area contributed by atoms with Gasteiger partial charge in [0.25, 0.3) is 0 Å². The van der Waals surface area contributed by atoms with Crippen LogP contribution in [-0.4, -0.2) is 29.9 Å². The fourth-order valence-electron chi connectivity index (χ4n) is 3.31. The minimum Gasteiger partial charge on any atom is -0.497 e. The normalized spacial score (nSPS) is 16.4. The smallest absolute Gasteiger partial charge is 0.337 e. The zero-order valence-corrected chi connectivity index (χ0v) is 16.0. The fourth-order valence-corrected chi connectivity index (χ4v) is 3.31. The minimum atomic E-state index is -1.07. The molecule has 2 aromatic rings. The van der Waals surface area contributed by atoms with Gasteiger partial charge in [-0.15, -0.1) is 0 Å². The molecule has 3 rings (SSSR count). The van der Waals surface area contributed by atoms with Crippen LogP contribution in [0.5, 0.6) is 5.75 Å². The molecule has 1 heterocycles. The number of carbonyl (C=O) groups is 2. The lowest BCUT2D eigenvalue weighted by Crippen LogP contribution is -2.34. The van der Waals surface area contributed by atoms with Crippen molar-refractivity contribution in [1.82, 2.24) is 0 Å². The SMILES string of the molecule is COc1ccc(C(CC2=CC(=O)OC(C)(C)O2)c2ccccc2C(=O)O)cc1. The monoisotopic (exact) mass is 382 g/mol. The molecule has 6 heteroatoms. The van der Waals surface area contributed by atoms with Gasteiger partial charge in [0.1, 0.15) is 11.5 Å². The molecule has 1 atom stereocenters. The van der Waals surface area contributed by atoms with Gasteiger partial charge in [-0.1, -0.05) is 30.3 Å². The highest BCUT2D eigenvalue weighted by Gasteiger charge is 2.32. The zero-order valence-electron chi connectivity index (χ0n) is 16.0. The number of carboxylic acid groups (broad SMARTS) is 1. The van der Waals surface area contributed by atoms with E-state index in [9.17, 15) is 14.7 Å². The Kier molecular flexibility index (Phi) is 5.40. The highest BCUT2D eigenvalue weighted by molar-refractivity contribution is 5.90. The van der Waals surface area contributed by atoms with Crippen molar-refractivity contribution in [2.24, 2.45) is 0 Å². The van der Waals surface area contributed by atoms with E-state index in [4.69, 9.17) is 14.2 Å². The lowest BCUT2D eigenvalue weighted by molar-refractivity contribution is -0.206. The Bertz CT molecular complexity index is 911. The number of esters is 1. The largest absolute Gasteiger partial charge is 0.497 e. The maximum Gasteiger partial charge on any atom is 0.337 e. The number of ether oxygens (including phenoxy) is 3. The first-order valence-corrected chi connectivity index (χ1v) is 8.88. The van der Waals surface area contributed by atoms with Crippen molar-refractivity contribution in [2.45, 2.75) is 32.0 Å². The predicted molar refractivity (Wildman–Crippen MR) is 102 cm³/mol.